The van der Waals surface area contributed by atoms with Gasteiger partial charge in [-0.25, -0.2) is 0 Å². The first-order valence-corrected chi connectivity index (χ1v) is 4.90. The summed E-state index contributed by atoms with van der Waals surface area (Å²) in [5, 5.41) is 0. The van der Waals surface area contributed by atoms with E-state index in [2.05, 4.69) is 45.2 Å². The fourth-order valence-corrected chi connectivity index (χ4v) is 1.42. The van der Waals surface area contributed by atoms with Gasteiger partial charge >= 0.3 is 0 Å². The summed E-state index contributed by atoms with van der Waals surface area (Å²) in [6.07, 6.45) is 0.918. The number of hydrogen-bond acceptors (Lipinski definition) is 0. The molecule has 0 heteroatoms. The second-order valence-electron chi connectivity index (χ2n) is 3.99. The predicted octanol–water partition coefficient (Wildman–Crippen LogP) is 3.98. The molecule has 0 amide bonds. The summed E-state index contributed by atoms with van der Waals surface area (Å²) in [6, 6.07) is 6.54. The zero-order valence-corrected chi connectivity index (χ0v) is 9.35. The van der Waals surface area contributed by atoms with Crippen molar-refractivity contribution in [2.75, 3.05) is 0 Å². The molecule has 0 atom stereocenters. The van der Waals surface area contributed by atoms with E-state index >= 15 is 0 Å². The van der Waals surface area contributed by atoms with Gasteiger partial charge < -0.3 is 0 Å². The van der Waals surface area contributed by atoms with E-state index < -0.39 is 0 Å². The molecule has 0 aliphatic carbocycles. The Kier molecular flexibility index (Phi) is 3.29. The van der Waals surface area contributed by atoms with E-state index in [9.17, 15) is 0 Å². The first-order valence-electron chi connectivity index (χ1n) is 4.90. The van der Waals surface area contributed by atoms with Gasteiger partial charge in [0.25, 0.3) is 0 Å². The molecule has 0 aliphatic rings. The van der Waals surface area contributed by atoms with Gasteiger partial charge in [0.05, 0.1) is 0 Å². The summed E-state index contributed by atoms with van der Waals surface area (Å²) in [7, 11) is 0. The van der Waals surface area contributed by atoms with Crippen LogP contribution in [-0.2, 0) is 6.42 Å². The summed E-state index contributed by atoms with van der Waals surface area (Å²) in [6.45, 7) is 14.2. The highest BCUT2D eigenvalue weighted by molar-refractivity contribution is 5.36. The molecule has 0 radical (unpaired) electrons. The Morgan fingerprint density at radius 1 is 1.21 bits per heavy atom. The Bertz CT molecular complexity index is 370. The van der Waals surface area contributed by atoms with Crippen LogP contribution in [0, 0.1) is 13.8 Å². The summed E-state index contributed by atoms with van der Waals surface area (Å²) < 4.78 is 0. The standard InChI is InChI=1S/C14H18/c1-10(2)12(4)9-14-7-6-11(3)8-13(14)5/h6-8H,1,4,9H2,2-3,5H3. The number of aryl methyl sites for hydroxylation is 2. The highest BCUT2D eigenvalue weighted by Crippen LogP contribution is 2.17. The smallest absolute Gasteiger partial charge is 0.00266 e. The molecule has 0 saturated carbocycles. The molecule has 0 aromatic heterocycles. The maximum absolute atomic E-state index is 4.01. The van der Waals surface area contributed by atoms with Crippen molar-refractivity contribution < 1.29 is 0 Å². The molecule has 1 aromatic rings. The van der Waals surface area contributed by atoms with Crippen molar-refractivity contribution in [2.24, 2.45) is 0 Å². The molecule has 0 heterocycles. The van der Waals surface area contributed by atoms with Gasteiger partial charge in [0.2, 0.25) is 0 Å². The average Bonchev–Trinajstić information content (AvgIpc) is 2.09. The monoisotopic (exact) mass is 186 g/mol. The Morgan fingerprint density at radius 2 is 1.86 bits per heavy atom. The van der Waals surface area contributed by atoms with Crippen LogP contribution in [0.3, 0.4) is 0 Å². The molecule has 0 fully saturated rings. The SMILES string of the molecule is C=C(C)C(=C)Cc1ccc(C)cc1C. The van der Waals surface area contributed by atoms with E-state index in [1.807, 2.05) is 6.92 Å². The Morgan fingerprint density at radius 3 is 2.36 bits per heavy atom. The molecule has 1 aromatic carbocycles. The summed E-state index contributed by atoms with van der Waals surface area (Å²) in [5.74, 6) is 0. The van der Waals surface area contributed by atoms with Crippen molar-refractivity contribution >= 4 is 0 Å². The molecule has 0 unspecified atom stereocenters. The number of benzene rings is 1. The van der Waals surface area contributed by atoms with Gasteiger partial charge in [-0.15, -0.1) is 0 Å². The van der Waals surface area contributed by atoms with Crippen LogP contribution in [-0.4, -0.2) is 0 Å². The predicted molar refractivity (Wildman–Crippen MR) is 63.6 cm³/mol. The molecular weight excluding hydrogens is 168 g/mol. The van der Waals surface area contributed by atoms with Crippen molar-refractivity contribution in [1.82, 2.24) is 0 Å². The third-order valence-corrected chi connectivity index (χ3v) is 2.51. The Balaban J connectivity index is 2.87. The van der Waals surface area contributed by atoms with E-state index in [0.29, 0.717) is 0 Å². The fourth-order valence-electron chi connectivity index (χ4n) is 1.42. The molecule has 0 nitrogen and oxygen atoms in total. The molecule has 14 heavy (non-hydrogen) atoms. The average molecular weight is 186 g/mol. The highest BCUT2D eigenvalue weighted by Gasteiger charge is 2.01. The third kappa shape index (κ3) is 2.59. The molecule has 0 aliphatic heterocycles. The summed E-state index contributed by atoms with van der Waals surface area (Å²) in [5.41, 5.74) is 6.20. The lowest BCUT2D eigenvalue weighted by Gasteiger charge is -2.08. The van der Waals surface area contributed by atoms with Gasteiger partial charge in [0.1, 0.15) is 0 Å². The highest BCUT2D eigenvalue weighted by atomic mass is 14.1. The van der Waals surface area contributed by atoms with Gasteiger partial charge in [-0.3, -0.25) is 0 Å². The lowest BCUT2D eigenvalue weighted by Crippen LogP contribution is -1.93. The number of allylic oxidation sites excluding steroid dienone is 2. The normalized spacial score (nSPS) is 9.93. The van der Waals surface area contributed by atoms with E-state index in [0.717, 1.165) is 17.6 Å². The van der Waals surface area contributed by atoms with Crippen molar-refractivity contribution in [3.63, 3.8) is 0 Å². The minimum Gasteiger partial charge on any atom is -0.0958 e. The van der Waals surface area contributed by atoms with Gasteiger partial charge in [0, 0.05) is 0 Å². The van der Waals surface area contributed by atoms with Gasteiger partial charge in [-0.2, -0.15) is 0 Å². The maximum Gasteiger partial charge on any atom is -0.00266 e. The van der Waals surface area contributed by atoms with Gasteiger partial charge in [-0.1, -0.05) is 42.5 Å². The van der Waals surface area contributed by atoms with Gasteiger partial charge in [-0.05, 0) is 43.9 Å². The molecule has 1 rings (SSSR count). The quantitative estimate of drug-likeness (QED) is 0.626. The van der Waals surface area contributed by atoms with Crippen molar-refractivity contribution in [1.29, 1.82) is 0 Å². The second kappa shape index (κ2) is 4.28. The van der Waals surface area contributed by atoms with Crippen LogP contribution in [0.25, 0.3) is 0 Å². The van der Waals surface area contributed by atoms with Crippen LogP contribution in [0.4, 0.5) is 0 Å². The van der Waals surface area contributed by atoms with Gasteiger partial charge in [0.15, 0.2) is 0 Å². The van der Waals surface area contributed by atoms with Crippen LogP contribution >= 0.6 is 0 Å². The van der Waals surface area contributed by atoms with Crippen LogP contribution in [0.5, 0.6) is 0 Å². The van der Waals surface area contributed by atoms with E-state index in [1.54, 1.807) is 0 Å². The molecule has 0 bridgehead atoms. The van der Waals surface area contributed by atoms with E-state index in [4.69, 9.17) is 0 Å². The van der Waals surface area contributed by atoms with Crippen LogP contribution in [0.2, 0.25) is 0 Å². The fraction of sp³-hybridized carbons (Fsp3) is 0.286. The lowest BCUT2D eigenvalue weighted by molar-refractivity contribution is 1.12. The second-order valence-corrected chi connectivity index (χ2v) is 3.99. The number of hydrogen-bond donors (Lipinski definition) is 0. The van der Waals surface area contributed by atoms with Crippen molar-refractivity contribution in [3.05, 3.63) is 59.2 Å². The molecule has 0 saturated heterocycles. The van der Waals surface area contributed by atoms with E-state index in [-0.39, 0.29) is 0 Å². The minimum atomic E-state index is 0.918. The lowest BCUT2D eigenvalue weighted by atomic mass is 9.97. The molecule has 0 spiro atoms. The van der Waals surface area contributed by atoms with Crippen LogP contribution < -0.4 is 0 Å². The molecule has 0 N–H and O–H groups in total. The minimum absolute atomic E-state index is 0.918. The largest absolute Gasteiger partial charge is 0.0958 e. The van der Waals surface area contributed by atoms with Crippen LogP contribution in [0.15, 0.2) is 42.5 Å². The summed E-state index contributed by atoms with van der Waals surface area (Å²) in [4.78, 5) is 0. The Hall–Kier alpha value is -1.30. The first kappa shape index (κ1) is 10.8. The number of rotatable bonds is 3. The van der Waals surface area contributed by atoms with Crippen molar-refractivity contribution in [3.8, 4) is 0 Å². The Labute approximate surface area is 87.0 Å². The molecule has 74 valence electrons. The summed E-state index contributed by atoms with van der Waals surface area (Å²) >= 11 is 0. The van der Waals surface area contributed by atoms with Crippen molar-refractivity contribution in [2.45, 2.75) is 27.2 Å². The first-order chi connectivity index (χ1) is 6.50. The zero-order valence-electron chi connectivity index (χ0n) is 9.35. The maximum atomic E-state index is 4.01. The molecular formula is C14H18. The zero-order chi connectivity index (χ0) is 10.7. The van der Waals surface area contributed by atoms with Crippen LogP contribution in [0.1, 0.15) is 23.6 Å². The topological polar surface area (TPSA) is 0 Å². The van der Waals surface area contributed by atoms with E-state index in [1.165, 1.54) is 16.7 Å². The third-order valence-electron chi connectivity index (χ3n) is 2.51.